The summed E-state index contributed by atoms with van der Waals surface area (Å²) in [5, 5.41) is 11.6. The third-order valence-corrected chi connectivity index (χ3v) is 3.93. The first kappa shape index (κ1) is 16.7. The lowest BCUT2D eigenvalue weighted by Crippen LogP contribution is -2.07. The van der Waals surface area contributed by atoms with Crippen molar-refractivity contribution >= 4 is 28.7 Å². The topological polar surface area (TPSA) is 59.8 Å². The fourth-order valence-electron chi connectivity index (χ4n) is 2.60. The van der Waals surface area contributed by atoms with Crippen LogP contribution >= 0.6 is 0 Å². The quantitative estimate of drug-likeness (QED) is 0.556. The molecule has 0 bridgehead atoms. The lowest BCUT2D eigenvalue weighted by Gasteiger charge is -2.01. The highest BCUT2D eigenvalue weighted by molar-refractivity contribution is 6.02. The van der Waals surface area contributed by atoms with Gasteiger partial charge in [0, 0.05) is 11.8 Å². The predicted octanol–water partition coefficient (Wildman–Crippen LogP) is 4.21. The van der Waals surface area contributed by atoms with E-state index in [2.05, 4.69) is 15.5 Å². The number of aromatic nitrogens is 3. The third-order valence-electron chi connectivity index (χ3n) is 3.93. The number of carbonyl (C=O) groups is 1. The second-order valence-electron chi connectivity index (χ2n) is 5.90. The zero-order valence-electron chi connectivity index (χ0n) is 14.2. The van der Waals surface area contributed by atoms with Crippen LogP contribution in [0, 0.1) is 5.82 Å². The molecule has 0 aliphatic heterocycles. The van der Waals surface area contributed by atoms with Gasteiger partial charge in [0.05, 0.1) is 5.69 Å². The highest BCUT2D eigenvalue weighted by Crippen LogP contribution is 2.18. The molecule has 0 atom stereocenters. The molecule has 4 rings (SSSR count). The first-order valence-corrected chi connectivity index (χ1v) is 8.34. The Morgan fingerprint density at radius 2 is 1.67 bits per heavy atom. The molecule has 4 aromatic rings. The number of hydrogen-bond acceptors (Lipinski definition) is 3. The zero-order valence-corrected chi connectivity index (χ0v) is 14.2. The van der Waals surface area contributed by atoms with Crippen LogP contribution in [0.25, 0.3) is 22.8 Å². The lowest BCUT2D eigenvalue weighted by molar-refractivity contribution is -0.111. The van der Waals surface area contributed by atoms with Gasteiger partial charge in [0.2, 0.25) is 5.91 Å². The summed E-state index contributed by atoms with van der Waals surface area (Å²) >= 11 is 0. The molecule has 6 heteroatoms. The number of rotatable bonds is 4. The first-order valence-electron chi connectivity index (χ1n) is 8.34. The van der Waals surface area contributed by atoms with Gasteiger partial charge < -0.3 is 5.32 Å². The maximum absolute atomic E-state index is 13.1. The van der Waals surface area contributed by atoms with Gasteiger partial charge in [-0.2, -0.15) is 4.80 Å². The molecule has 0 unspecified atom stereocenters. The Balaban J connectivity index is 1.52. The van der Waals surface area contributed by atoms with Crippen molar-refractivity contribution in [3.63, 3.8) is 0 Å². The van der Waals surface area contributed by atoms with Gasteiger partial charge in [0.1, 0.15) is 16.9 Å². The molecule has 0 aliphatic rings. The van der Waals surface area contributed by atoms with Crippen LogP contribution in [0.5, 0.6) is 0 Å². The number of nitrogens with one attached hydrogen (secondary N) is 1. The van der Waals surface area contributed by atoms with Gasteiger partial charge in [0.15, 0.2) is 0 Å². The summed E-state index contributed by atoms with van der Waals surface area (Å²) in [4.78, 5) is 13.5. The summed E-state index contributed by atoms with van der Waals surface area (Å²) in [5.41, 5.74) is 3.53. The van der Waals surface area contributed by atoms with Crippen LogP contribution in [-0.2, 0) is 4.79 Å². The molecule has 5 nitrogen and oxygen atoms in total. The van der Waals surface area contributed by atoms with Crippen molar-refractivity contribution in [2.24, 2.45) is 0 Å². The molecule has 132 valence electrons. The number of amides is 1. The van der Waals surface area contributed by atoms with Crippen LogP contribution in [0.15, 0.2) is 78.9 Å². The monoisotopic (exact) mass is 358 g/mol. The standard InChI is InChI=1S/C21H15FN4O/c22-16-7-10-18(11-8-16)26-24-19-12-9-17(14-20(19)25-26)23-21(27)13-6-15-4-2-1-3-5-15/h1-14H,(H,23,27)/b13-6+. The summed E-state index contributed by atoms with van der Waals surface area (Å²) in [7, 11) is 0. The summed E-state index contributed by atoms with van der Waals surface area (Å²) in [6.45, 7) is 0. The molecule has 3 aromatic carbocycles. The van der Waals surface area contributed by atoms with Gasteiger partial charge in [-0.3, -0.25) is 4.79 Å². The van der Waals surface area contributed by atoms with E-state index in [0.29, 0.717) is 22.4 Å². The molecule has 27 heavy (non-hydrogen) atoms. The molecule has 0 saturated heterocycles. The minimum Gasteiger partial charge on any atom is -0.322 e. The van der Waals surface area contributed by atoms with Gasteiger partial charge in [0.25, 0.3) is 0 Å². The number of anilines is 1. The zero-order chi connectivity index (χ0) is 18.6. The Morgan fingerprint density at radius 3 is 2.44 bits per heavy atom. The molecule has 1 N–H and O–H groups in total. The molecule has 0 spiro atoms. The summed E-state index contributed by atoms with van der Waals surface area (Å²) in [6, 6.07) is 20.8. The molecular weight excluding hydrogens is 343 g/mol. The average molecular weight is 358 g/mol. The van der Waals surface area contributed by atoms with Crippen LogP contribution in [0.1, 0.15) is 5.56 Å². The van der Waals surface area contributed by atoms with E-state index < -0.39 is 0 Å². The van der Waals surface area contributed by atoms with E-state index in [1.165, 1.54) is 23.0 Å². The predicted molar refractivity (Wildman–Crippen MR) is 103 cm³/mol. The lowest BCUT2D eigenvalue weighted by atomic mass is 10.2. The Labute approximate surface area is 154 Å². The number of nitrogens with zero attached hydrogens (tertiary/aromatic N) is 3. The van der Waals surface area contributed by atoms with Gasteiger partial charge in [-0.25, -0.2) is 4.39 Å². The maximum Gasteiger partial charge on any atom is 0.248 e. The molecule has 1 aromatic heterocycles. The molecule has 0 radical (unpaired) electrons. The van der Waals surface area contributed by atoms with Crippen molar-refractivity contribution in [2.45, 2.75) is 0 Å². The summed E-state index contributed by atoms with van der Waals surface area (Å²) < 4.78 is 13.1. The Kier molecular flexibility index (Phi) is 4.45. The van der Waals surface area contributed by atoms with Crippen molar-refractivity contribution in [3.05, 3.63) is 90.3 Å². The Hall–Kier alpha value is -3.80. The summed E-state index contributed by atoms with van der Waals surface area (Å²) in [6.07, 6.45) is 3.23. The van der Waals surface area contributed by atoms with E-state index >= 15 is 0 Å². The van der Waals surface area contributed by atoms with Crippen molar-refractivity contribution in [3.8, 4) is 5.69 Å². The largest absolute Gasteiger partial charge is 0.322 e. The van der Waals surface area contributed by atoms with Crippen LogP contribution in [0.2, 0.25) is 0 Å². The smallest absolute Gasteiger partial charge is 0.248 e. The van der Waals surface area contributed by atoms with Gasteiger partial charge in [-0.1, -0.05) is 30.3 Å². The fourth-order valence-corrected chi connectivity index (χ4v) is 2.60. The Morgan fingerprint density at radius 1 is 0.926 bits per heavy atom. The minimum atomic E-state index is -0.316. The van der Waals surface area contributed by atoms with Crippen LogP contribution in [-0.4, -0.2) is 20.9 Å². The average Bonchev–Trinajstić information content (AvgIpc) is 3.11. The molecule has 1 heterocycles. The van der Waals surface area contributed by atoms with Crippen LogP contribution in [0.3, 0.4) is 0 Å². The van der Waals surface area contributed by atoms with Crippen LogP contribution in [0.4, 0.5) is 10.1 Å². The molecule has 0 aliphatic carbocycles. The third kappa shape index (κ3) is 3.90. The van der Waals surface area contributed by atoms with E-state index in [0.717, 1.165) is 5.56 Å². The fraction of sp³-hybridized carbons (Fsp3) is 0. The number of carbonyl (C=O) groups excluding carboxylic acids is 1. The van der Waals surface area contributed by atoms with Crippen molar-refractivity contribution in [1.29, 1.82) is 0 Å². The van der Waals surface area contributed by atoms with E-state index in [-0.39, 0.29) is 11.7 Å². The SMILES string of the molecule is O=C(/C=C/c1ccccc1)Nc1ccc2nn(-c3ccc(F)cc3)nc2c1. The molecule has 0 saturated carbocycles. The number of benzene rings is 3. The first-order chi connectivity index (χ1) is 13.2. The number of hydrogen-bond donors (Lipinski definition) is 1. The van der Waals surface area contributed by atoms with E-state index in [4.69, 9.17) is 0 Å². The number of halogens is 1. The maximum atomic E-state index is 13.1. The molecule has 1 amide bonds. The van der Waals surface area contributed by atoms with Gasteiger partial charge >= 0.3 is 0 Å². The molecule has 0 fully saturated rings. The van der Waals surface area contributed by atoms with Gasteiger partial charge in [-0.15, -0.1) is 10.2 Å². The van der Waals surface area contributed by atoms with Gasteiger partial charge in [-0.05, 0) is 54.1 Å². The minimum absolute atomic E-state index is 0.232. The van der Waals surface area contributed by atoms with Crippen LogP contribution < -0.4 is 5.32 Å². The highest BCUT2D eigenvalue weighted by atomic mass is 19.1. The van der Waals surface area contributed by atoms with Crippen molar-refractivity contribution in [2.75, 3.05) is 5.32 Å². The van der Waals surface area contributed by atoms with Crippen molar-refractivity contribution in [1.82, 2.24) is 15.0 Å². The highest BCUT2D eigenvalue weighted by Gasteiger charge is 2.07. The van der Waals surface area contributed by atoms with E-state index in [1.54, 1.807) is 36.4 Å². The normalized spacial score (nSPS) is 11.1. The number of fused-ring (bicyclic) bond motifs is 1. The second-order valence-corrected chi connectivity index (χ2v) is 5.90. The summed E-state index contributed by atoms with van der Waals surface area (Å²) in [5.74, 6) is -0.548. The Bertz CT molecular complexity index is 1120. The van der Waals surface area contributed by atoms with E-state index in [1.807, 2.05) is 30.3 Å². The van der Waals surface area contributed by atoms with E-state index in [9.17, 15) is 9.18 Å². The molecular formula is C21H15FN4O. The van der Waals surface area contributed by atoms with Crippen molar-refractivity contribution < 1.29 is 9.18 Å². The second kappa shape index (κ2) is 7.21.